The number of carbonyl (C=O) groups is 1. The van der Waals surface area contributed by atoms with Crippen LogP contribution < -0.4 is 5.32 Å². The van der Waals surface area contributed by atoms with Crippen molar-refractivity contribution in [2.45, 2.75) is 6.42 Å². The molecule has 0 aliphatic rings. The molecule has 0 aliphatic carbocycles. The van der Waals surface area contributed by atoms with Gasteiger partial charge in [0.25, 0.3) is 0 Å². The van der Waals surface area contributed by atoms with E-state index in [9.17, 15) is 9.18 Å². The van der Waals surface area contributed by atoms with Gasteiger partial charge in [0.2, 0.25) is 5.91 Å². The fourth-order valence-corrected chi connectivity index (χ4v) is 1.41. The van der Waals surface area contributed by atoms with Crippen molar-refractivity contribution >= 4 is 23.6 Å². The standard InChI is InChI=1S/C13H13ClFNO/c1-2-3-9-16-13(17)8-7-10-11(14)5-4-6-12(10)15/h2,4-8H,1,3,9H2,(H,16,17)/b8-7+. The Bertz CT molecular complexity index is 423. The lowest BCUT2D eigenvalue weighted by Gasteiger charge is -2.00. The first-order chi connectivity index (χ1) is 8.15. The summed E-state index contributed by atoms with van der Waals surface area (Å²) in [6.07, 6.45) is 5.02. The van der Waals surface area contributed by atoms with Gasteiger partial charge in [-0.15, -0.1) is 6.58 Å². The highest BCUT2D eigenvalue weighted by atomic mass is 35.5. The second-order valence-corrected chi connectivity index (χ2v) is 3.74. The Balaban J connectivity index is 2.64. The highest BCUT2D eigenvalue weighted by molar-refractivity contribution is 6.32. The second-order valence-electron chi connectivity index (χ2n) is 3.34. The van der Waals surface area contributed by atoms with Crippen molar-refractivity contribution in [3.8, 4) is 0 Å². The number of carbonyl (C=O) groups excluding carboxylic acids is 1. The zero-order chi connectivity index (χ0) is 12.7. The minimum atomic E-state index is -0.451. The van der Waals surface area contributed by atoms with E-state index in [0.717, 1.165) is 0 Å². The van der Waals surface area contributed by atoms with Crippen LogP contribution in [-0.2, 0) is 4.79 Å². The largest absolute Gasteiger partial charge is 0.352 e. The lowest BCUT2D eigenvalue weighted by Crippen LogP contribution is -2.21. The average Bonchev–Trinajstić information content (AvgIpc) is 2.29. The zero-order valence-electron chi connectivity index (χ0n) is 9.25. The second kappa shape index (κ2) is 6.86. The number of benzene rings is 1. The maximum atomic E-state index is 13.3. The van der Waals surface area contributed by atoms with Gasteiger partial charge in [0.1, 0.15) is 5.82 Å². The van der Waals surface area contributed by atoms with E-state index in [0.29, 0.717) is 13.0 Å². The number of hydrogen-bond donors (Lipinski definition) is 1. The Morgan fingerprint density at radius 1 is 1.53 bits per heavy atom. The van der Waals surface area contributed by atoms with Gasteiger partial charge < -0.3 is 5.32 Å². The third kappa shape index (κ3) is 4.41. The van der Waals surface area contributed by atoms with Crippen LogP contribution in [0.1, 0.15) is 12.0 Å². The van der Waals surface area contributed by atoms with Crippen molar-refractivity contribution in [3.05, 3.63) is 53.3 Å². The van der Waals surface area contributed by atoms with Crippen LogP contribution in [0.2, 0.25) is 5.02 Å². The monoisotopic (exact) mass is 253 g/mol. The summed E-state index contributed by atoms with van der Waals surface area (Å²) in [5.74, 6) is -0.737. The molecule has 1 rings (SSSR count). The first-order valence-electron chi connectivity index (χ1n) is 5.16. The maximum Gasteiger partial charge on any atom is 0.244 e. The molecule has 1 aromatic rings. The van der Waals surface area contributed by atoms with E-state index >= 15 is 0 Å². The van der Waals surface area contributed by atoms with Gasteiger partial charge in [0, 0.05) is 18.2 Å². The van der Waals surface area contributed by atoms with E-state index in [4.69, 9.17) is 11.6 Å². The van der Waals surface area contributed by atoms with Crippen molar-refractivity contribution in [3.63, 3.8) is 0 Å². The smallest absolute Gasteiger partial charge is 0.244 e. The van der Waals surface area contributed by atoms with Crippen LogP contribution in [0.5, 0.6) is 0 Å². The molecule has 0 unspecified atom stereocenters. The van der Waals surface area contributed by atoms with Crippen molar-refractivity contribution in [2.24, 2.45) is 0 Å². The Kier molecular flexibility index (Phi) is 5.43. The highest BCUT2D eigenvalue weighted by Crippen LogP contribution is 2.20. The molecule has 1 amide bonds. The third-order valence-electron chi connectivity index (χ3n) is 2.05. The summed E-state index contributed by atoms with van der Waals surface area (Å²) in [4.78, 5) is 11.3. The van der Waals surface area contributed by atoms with E-state index < -0.39 is 5.82 Å². The van der Waals surface area contributed by atoms with Crippen LogP contribution >= 0.6 is 11.6 Å². The molecule has 0 saturated carbocycles. The lowest BCUT2D eigenvalue weighted by atomic mass is 10.2. The molecule has 90 valence electrons. The van der Waals surface area contributed by atoms with Crippen LogP contribution in [0.3, 0.4) is 0 Å². The quantitative estimate of drug-likeness (QED) is 0.487. The van der Waals surface area contributed by atoms with Gasteiger partial charge in [0.15, 0.2) is 0 Å². The fourth-order valence-electron chi connectivity index (χ4n) is 1.19. The van der Waals surface area contributed by atoms with Crippen molar-refractivity contribution in [2.75, 3.05) is 6.54 Å². The summed E-state index contributed by atoms with van der Waals surface area (Å²) in [6, 6.07) is 4.38. The highest BCUT2D eigenvalue weighted by Gasteiger charge is 2.03. The van der Waals surface area contributed by atoms with Crippen molar-refractivity contribution in [1.29, 1.82) is 0 Å². The zero-order valence-corrected chi connectivity index (χ0v) is 10.0. The molecule has 0 saturated heterocycles. The molecule has 0 heterocycles. The molecule has 0 aliphatic heterocycles. The number of nitrogens with one attached hydrogen (secondary N) is 1. The molecule has 4 heteroatoms. The summed E-state index contributed by atoms with van der Waals surface area (Å²) < 4.78 is 13.3. The molecule has 0 bridgehead atoms. The molecule has 0 aromatic heterocycles. The summed E-state index contributed by atoms with van der Waals surface area (Å²) in [5, 5.41) is 2.91. The number of hydrogen-bond acceptors (Lipinski definition) is 1. The molecule has 1 aromatic carbocycles. The van der Waals surface area contributed by atoms with Gasteiger partial charge in [-0.1, -0.05) is 23.7 Å². The van der Waals surface area contributed by atoms with Gasteiger partial charge in [-0.3, -0.25) is 4.79 Å². The van der Waals surface area contributed by atoms with Crippen molar-refractivity contribution < 1.29 is 9.18 Å². The summed E-state index contributed by atoms with van der Waals surface area (Å²) >= 11 is 5.80. The van der Waals surface area contributed by atoms with E-state index in [1.807, 2.05) is 0 Å². The van der Waals surface area contributed by atoms with Gasteiger partial charge in [-0.2, -0.15) is 0 Å². The van der Waals surface area contributed by atoms with Crippen LogP contribution in [0.4, 0.5) is 4.39 Å². The number of halogens is 2. The van der Waals surface area contributed by atoms with Crippen LogP contribution in [0.15, 0.2) is 36.9 Å². The van der Waals surface area contributed by atoms with E-state index in [2.05, 4.69) is 11.9 Å². The maximum absolute atomic E-state index is 13.3. The Labute approximate surface area is 105 Å². The van der Waals surface area contributed by atoms with Gasteiger partial charge >= 0.3 is 0 Å². The molecular weight excluding hydrogens is 241 g/mol. The number of amides is 1. The minimum Gasteiger partial charge on any atom is -0.352 e. The predicted molar refractivity (Wildman–Crippen MR) is 68.3 cm³/mol. The van der Waals surface area contributed by atoms with E-state index in [1.165, 1.54) is 24.3 Å². The summed E-state index contributed by atoms with van der Waals surface area (Å²) in [5.41, 5.74) is 0.216. The topological polar surface area (TPSA) is 29.1 Å². The van der Waals surface area contributed by atoms with Crippen molar-refractivity contribution in [1.82, 2.24) is 5.32 Å². The Morgan fingerprint density at radius 3 is 2.94 bits per heavy atom. The van der Waals surface area contributed by atoms with Gasteiger partial charge in [-0.05, 0) is 24.6 Å². The molecular formula is C13H13ClFNO. The number of rotatable bonds is 5. The predicted octanol–water partition coefficient (Wildman–Crippen LogP) is 3.18. The van der Waals surface area contributed by atoms with E-state index in [-0.39, 0.29) is 16.5 Å². The Morgan fingerprint density at radius 2 is 2.29 bits per heavy atom. The average molecular weight is 254 g/mol. The molecule has 0 fully saturated rings. The summed E-state index contributed by atoms with van der Waals surface area (Å²) in [7, 11) is 0. The molecule has 0 spiro atoms. The molecule has 0 radical (unpaired) electrons. The molecule has 1 N–H and O–H groups in total. The molecule has 2 nitrogen and oxygen atoms in total. The molecule has 0 atom stereocenters. The normalized spacial score (nSPS) is 10.5. The SMILES string of the molecule is C=CCCNC(=O)/C=C/c1c(F)cccc1Cl. The minimum absolute atomic E-state index is 0.216. The van der Waals surface area contributed by atoms with Crippen LogP contribution in [-0.4, -0.2) is 12.5 Å². The first-order valence-corrected chi connectivity index (χ1v) is 5.53. The first kappa shape index (κ1) is 13.5. The van der Waals surface area contributed by atoms with Crippen LogP contribution in [0.25, 0.3) is 6.08 Å². The molecule has 17 heavy (non-hydrogen) atoms. The fraction of sp³-hybridized carbons (Fsp3) is 0.154. The Hall–Kier alpha value is -1.61. The van der Waals surface area contributed by atoms with Gasteiger partial charge in [-0.25, -0.2) is 4.39 Å². The van der Waals surface area contributed by atoms with Crippen LogP contribution in [0, 0.1) is 5.82 Å². The third-order valence-corrected chi connectivity index (χ3v) is 2.38. The lowest BCUT2D eigenvalue weighted by molar-refractivity contribution is -0.116. The van der Waals surface area contributed by atoms with E-state index in [1.54, 1.807) is 12.1 Å². The summed E-state index contributed by atoms with van der Waals surface area (Å²) in [6.45, 7) is 4.05. The van der Waals surface area contributed by atoms with Gasteiger partial charge in [0.05, 0.1) is 5.02 Å².